The van der Waals surface area contributed by atoms with Crippen LogP contribution in [0.5, 0.6) is 5.75 Å². The molecule has 0 radical (unpaired) electrons. The Kier molecular flexibility index (Phi) is 7.06. The molecule has 2 aromatic carbocycles. The molecule has 1 N–H and O–H groups in total. The normalized spacial score (nSPS) is 10.5. The number of benzene rings is 2. The average Bonchev–Trinajstić information content (AvgIpc) is 2.70. The minimum absolute atomic E-state index is 0.208. The summed E-state index contributed by atoms with van der Waals surface area (Å²) in [6.07, 6.45) is 1.34. The van der Waals surface area contributed by atoms with Crippen LogP contribution in [0.4, 0.5) is 5.69 Å². The SMILES string of the molecule is COc1cccc(/C=C(\C#N)C(=O)OCC(=O)Nc2ccccc2C(C)=O)c1. The van der Waals surface area contributed by atoms with Crippen LogP contribution in [-0.4, -0.2) is 31.4 Å². The van der Waals surface area contributed by atoms with Crippen LogP contribution in [-0.2, 0) is 14.3 Å². The van der Waals surface area contributed by atoms with E-state index in [-0.39, 0.29) is 11.4 Å². The van der Waals surface area contributed by atoms with Gasteiger partial charge in [0.15, 0.2) is 12.4 Å². The Bertz CT molecular complexity index is 973. The summed E-state index contributed by atoms with van der Waals surface area (Å²) in [4.78, 5) is 35.7. The second kappa shape index (κ2) is 9.69. The van der Waals surface area contributed by atoms with E-state index < -0.39 is 18.5 Å². The number of ether oxygens (including phenoxy) is 2. The zero-order chi connectivity index (χ0) is 20.5. The van der Waals surface area contributed by atoms with Gasteiger partial charge in [-0.15, -0.1) is 0 Å². The van der Waals surface area contributed by atoms with E-state index in [0.29, 0.717) is 22.6 Å². The Hall–Kier alpha value is -3.92. The summed E-state index contributed by atoms with van der Waals surface area (Å²) in [6, 6.07) is 15.0. The predicted octanol–water partition coefficient (Wildman–Crippen LogP) is 2.99. The molecule has 28 heavy (non-hydrogen) atoms. The lowest BCUT2D eigenvalue weighted by molar-refractivity contribution is -0.142. The van der Waals surface area contributed by atoms with Gasteiger partial charge in [0.2, 0.25) is 0 Å². The number of carbonyl (C=O) groups is 3. The van der Waals surface area contributed by atoms with Crippen LogP contribution in [0, 0.1) is 11.3 Å². The molecule has 0 spiro atoms. The fourth-order valence-electron chi connectivity index (χ4n) is 2.33. The van der Waals surface area contributed by atoms with E-state index in [4.69, 9.17) is 9.47 Å². The Labute approximate surface area is 162 Å². The van der Waals surface area contributed by atoms with Crippen LogP contribution in [0.3, 0.4) is 0 Å². The highest BCUT2D eigenvalue weighted by Gasteiger charge is 2.15. The smallest absolute Gasteiger partial charge is 0.349 e. The molecule has 142 valence electrons. The van der Waals surface area contributed by atoms with Crippen molar-refractivity contribution in [3.8, 4) is 11.8 Å². The van der Waals surface area contributed by atoms with Gasteiger partial charge in [0.25, 0.3) is 5.91 Å². The fraction of sp³-hybridized carbons (Fsp3) is 0.143. The molecular formula is C21H18N2O5. The second-order valence-corrected chi connectivity index (χ2v) is 5.67. The quantitative estimate of drug-likeness (QED) is 0.344. The van der Waals surface area contributed by atoms with Gasteiger partial charge in [-0.3, -0.25) is 9.59 Å². The molecule has 7 heteroatoms. The number of nitriles is 1. The molecule has 0 atom stereocenters. The van der Waals surface area contributed by atoms with E-state index in [1.165, 1.54) is 20.1 Å². The molecule has 0 aliphatic heterocycles. The van der Waals surface area contributed by atoms with Gasteiger partial charge >= 0.3 is 5.97 Å². The van der Waals surface area contributed by atoms with Gasteiger partial charge in [-0.25, -0.2) is 4.79 Å². The number of hydrogen-bond donors (Lipinski definition) is 1. The second-order valence-electron chi connectivity index (χ2n) is 5.67. The molecule has 0 saturated carbocycles. The Morgan fingerprint density at radius 2 is 1.89 bits per heavy atom. The first-order valence-corrected chi connectivity index (χ1v) is 8.27. The van der Waals surface area contributed by atoms with Gasteiger partial charge in [-0.1, -0.05) is 24.3 Å². The maximum Gasteiger partial charge on any atom is 0.349 e. The molecule has 1 amide bonds. The van der Waals surface area contributed by atoms with Crippen molar-refractivity contribution in [2.45, 2.75) is 6.92 Å². The number of methoxy groups -OCH3 is 1. The number of ketones is 1. The molecule has 0 aromatic heterocycles. The van der Waals surface area contributed by atoms with Gasteiger partial charge in [0.05, 0.1) is 12.8 Å². The van der Waals surface area contributed by atoms with E-state index in [2.05, 4.69) is 5.32 Å². The van der Waals surface area contributed by atoms with Crippen molar-refractivity contribution < 1.29 is 23.9 Å². The van der Waals surface area contributed by atoms with Gasteiger partial charge in [-0.2, -0.15) is 5.26 Å². The topological polar surface area (TPSA) is 105 Å². The molecule has 0 aliphatic rings. The third-order valence-corrected chi connectivity index (χ3v) is 3.66. The molecule has 2 aromatic rings. The Morgan fingerprint density at radius 1 is 1.14 bits per heavy atom. The first-order chi connectivity index (χ1) is 13.4. The largest absolute Gasteiger partial charge is 0.497 e. The molecule has 0 fully saturated rings. The summed E-state index contributed by atoms with van der Waals surface area (Å²) in [7, 11) is 1.51. The zero-order valence-corrected chi connectivity index (χ0v) is 15.4. The molecule has 0 unspecified atom stereocenters. The molecular weight excluding hydrogens is 360 g/mol. The minimum atomic E-state index is -0.930. The van der Waals surface area contributed by atoms with Gasteiger partial charge in [0, 0.05) is 5.56 Å². The van der Waals surface area contributed by atoms with Gasteiger partial charge < -0.3 is 14.8 Å². The van der Waals surface area contributed by atoms with E-state index in [9.17, 15) is 19.6 Å². The summed E-state index contributed by atoms with van der Waals surface area (Å²) in [5, 5.41) is 11.7. The number of carbonyl (C=O) groups excluding carboxylic acids is 3. The zero-order valence-electron chi connectivity index (χ0n) is 15.4. The molecule has 0 heterocycles. The standard InChI is InChI=1S/C21H18N2O5/c1-14(24)18-8-3-4-9-19(18)23-20(25)13-28-21(26)16(12-22)10-15-6-5-7-17(11-15)27-2/h3-11H,13H2,1-2H3,(H,23,25)/b16-10+. The monoisotopic (exact) mass is 378 g/mol. The predicted molar refractivity (Wildman–Crippen MR) is 103 cm³/mol. The van der Waals surface area contributed by atoms with Crippen molar-refractivity contribution in [2.75, 3.05) is 19.0 Å². The highest BCUT2D eigenvalue weighted by atomic mass is 16.5. The fourth-order valence-corrected chi connectivity index (χ4v) is 2.33. The summed E-state index contributed by atoms with van der Waals surface area (Å²) in [5.74, 6) is -1.19. The Balaban J connectivity index is 2.02. The molecule has 0 aliphatic carbocycles. The van der Waals surface area contributed by atoms with Crippen LogP contribution < -0.4 is 10.1 Å². The number of esters is 1. The molecule has 7 nitrogen and oxygen atoms in total. The summed E-state index contributed by atoms with van der Waals surface area (Å²) in [6.45, 7) is 0.787. The lowest BCUT2D eigenvalue weighted by atomic mass is 10.1. The highest BCUT2D eigenvalue weighted by Crippen LogP contribution is 2.17. The van der Waals surface area contributed by atoms with E-state index in [1.807, 2.05) is 0 Å². The van der Waals surface area contributed by atoms with E-state index in [1.54, 1.807) is 54.6 Å². The lowest BCUT2D eigenvalue weighted by Gasteiger charge is -2.09. The van der Waals surface area contributed by atoms with Crippen LogP contribution in [0.2, 0.25) is 0 Å². The number of amides is 1. The number of rotatable bonds is 7. The number of nitrogens with zero attached hydrogens (tertiary/aromatic N) is 1. The first kappa shape index (κ1) is 20.4. The summed E-state index contributed by atoms with van der Waals surface area (Å²) >= 11 is 0. The number of hydrogen-bond acceptors (Lipinski definition) is 6. The first-order valence-electron chi connectivity index (χ1n) is 8.27. The van der Waals surface area contributed by atoms with E-state index >= 15 is 0 Å². The van der Waals surface area contributed by atoms with Crippen LogP contribution in [0.25, 0.3) is 6.08 Å². The van der Waals surface area contributed by atoms with Crippen molar-refractivity contribution in [3.63, 3.8) is 0 Å². The lowest BCUT2D eigenvalue weighted by Crippen LogP contribution is -2.22. The van der Waals surface area contributed by atoms with Gasteiger partial charge in [-0.05, 0) is 42.8 Å². The number of anilines is 1. The van der Waals surface area contributed by atoms with Crippen molar-refractivity contribution in [2.24, 2.45) is 0 Å². The average molecular weight is 378 g/mol. The molecule has 0 saturated heterocycles. The third kappa shape index (κ3) is 5.54. The molecule has 0 bridgehead atoms. The Morgan fingerprint density at radius 3 is 2.57 bits per heavy atom. The minimum Gasteiger partial charge on any atom is -0.497 e. The number of nitrogens with one attached hydrogen (secondary N) is 1. The van der Waals surface area contributed by atoms with Crippen LogP contribution in [0.15, 0.2) is 54.1 Å². The van der Waals surface area contributed by atoms with E-state index in [0.717, 1.165) is 0 Å². The maximum absolute atomic E-state index is 12.1. The summed E-state index contributed by atoms with van der Waals surface area (Å²) in [5.41, 5.74) is 0.985. The van der Waals surface area contributed by atoms with Crippen molar-refractivity contribution in [3.05, 3.63) is 65.2 Å². The van der Waals surface area contributed by atoms with Crippen molar-refractivity contribution >= 4 is 29.4 Å². The molecule has 2 rings (SSSR count). The van der Waals surface area contributed by atoms with Gasteiger partial charge in [0.1, 0.15) is 17.4 Å². The maximum atomic E-state index is 12.1. The van der Waals surface area contributed by atoms with Crippen molar-refractivity contribution in [1.29, 1.82) is 5.26 Å². The highest BCUT2D eigenvalue weighted by molar-refractivity contribution is 6.04. The van der Waals surface area contributed by atoms with Crippen LogP contribution >= 0.6 is 0 Å². The number of Topliss-reactive ketones (excluding diaryl/α,β-unsaturated/α-hetero) is 1. The van der Waals surface area contributed by atoms with Crippen LogP contribution in [0.1, 0.15) is 22.8 Å². The van der Waals surface area contributed by atoms with Crippen molar-refractivity contribution in [1.82, 2.24) is 0 Å². The third-order valence-electron chi connectivity index (χ3n) is 3.66. The number of para-hydroxylation sites is 1. The summed E-state index contributed by atoms with van der Waals surface area (Å²) < 4.78 is 9.99.